The van der Waals surface area contributed by atoms with E-state index in [2.05, 4.69) is 24.4 Å². The number of nitrogens with one attached hydrogen (secondary N) is 1. The molecule has 4 heteroatoms. The Morgan fingerprint density at radius 3 is 2.50 bits per heavy atom. The molecule has 22 heavy (non-hydrogen) atoms. The third-order valence-corrected chi connectivity index (χ3v) is 4.88. The van der Waals surface area contributed by atoms with Crippen molar-refractivity contribution in [3.8, 4) is 0 Å². The van der Waals surface area contributed by atoms with Gasteiger partial charge >= 0.3 is 0 Å². The van der Waals surface area contributed by atoms with Crippen LogP contribution < -0.4 is 10.2 Å². The maximum absolute atomic E-state index is 12.5. The largest absolute Gasteiger partial charge is 0.353 e. The smallest absolute Gasteiger partial charge is 0.239 e. The fraction of sp³-hybridized carbons (Fsp3) is 0.556. The zero-order chi connectivity index (χ0) is 15.5. The molecule has 1 aliphatic heterocycles. The van der Waals surface area contributed by atoms with Gasteiger partial charge in [-0.25, -0.2) is 0 Å². The molecular weight excluding hydrogens is 276 g/mol. The minimum Gasteiger partial charge on any atom is -0.353 e. The number of rotatable bonds is 4. The standard InChI is InChI=1S/C18H24N2O2/c1-2-13-7-9-15(10-8-13)20-12-11-16(18(20)22)17(21)19-14-5-3-4-6-14/h7-10,14,16H,2-6,11-12H2,1H3,(H,19,21)/t16-/m1/s1. The summed E-state index contributed by atoms with van der Waals surface area (Å²) in [6.45, 7) is 2.74. The average Bonchev–Trinajstić information content (AvgIpc) is 3.17. The van der Waals surface area contributed by atoms with Crippen LogP contribution in [0.1, 0.15) is 44.6 Å². The van der Waals surface area contributed by atoms with Gasteiger partial charge in [0, 0.05) is 18.3 Å². The van der Waals surface area contributed by atoms with E-state index >= 15 is 0 Å². The van der Waals surface area contributed by atoms with Crippen LogP contribution in [0.2, 0.25) is 0 Å². The molecule has 2 aliphatic rings. The normalized spacial score (nSPS) is 22.3. The first-order chi connectivity index (χ1) is 10.7. The first-order valence-corrected chi connectivity index (χ1v) is 8.39. The van der Waals surface area contributed by atoms with Gasteiger partial charge < -0.3 is 10.2 Å². The van der Waals surface area contributed by atoms with E-state index in [1.807, 2.05) is 12.1 Å². The fourth-order valence-corrected chi connectivity index (χ4v) is 3.46. The summed E-state index contributed by atoms with van der Waals surface area (Å²) in [6.07, 6.45) is 6.07. The van der Waals surface area contributed by atoms with Crippen molar-refractivity contribution in [2.75, 3.05) is 11.4 Å². The van der Waals surface area contributed by atoms with Crippen molar-refractivity contribution in [3.05, 3.63) is 29.8 Å². The van der Waals surface area contributed by atoms with Crippen molar-refractivity contribution in [1.82, 2.24) is 5.32 Å². The lowest BCUT2D eigenvalue weighted by Crippen LogP contribution is -2.40. The van der Waals surface area contributed by atoms with E-state index in [9.17, 15) is 9.59 Å². The number of carbonyl (C=O) groups is 2. The molecule has 1 aromatic rings. The Kier molecular flexibility index (Phi) is 4.46. The number of aryl methyl sites for hydroxylation is 1. The Morgan fingerprint density at radius 2 is 1.86 bits per heavy atom. The van der Waals surface area contributed by atoms with Crippen LogP contribution in [0.15, 0.2) is 24.3 Å². The van der Waals surface area contributed by atoms with Gasteiger partial charge in [-0.15, -0.1) is 0 Å². The second-order valence-corrected chi connectivity index (χ2v) is 6.34. The van der Waals surface area contributed by atoms with Crippen molar-refractivity contribution in [2.24, 2.45) is 5.92 Å². The Balaban J connectivity index is 1.64. The molecule has 0 unspecified atom stereocenters. The molecule has 1 aliphatic carbocycles. The minimum atomic E-state index is -0.508. The van der Waals surface area contributed by atoms with Crippen LogP contribution in [0.25, 0.3) is 0 Å². The van der Waals surface area contributed by atoms with Gasteiger partial charge in [0.1, 0.15) is 5.92 Å². The highest BCUT2D eigenvalue weighted by molar-refractivity contribution is 6.09. The molecule has 1 heterocycles. The summed E-state index contributed by atoms with van der Waals surface area (Å²) in [6, 6.07) is 8.34. The summed E-state index contributed by atoms with van der Waals surface area (Å²) < 4.78 is 0. The molecule has 3 rings (SSSR count). The zero-order valence-corrected chi connectivity index (χ0v) is 13.2. The summed E-state index contributed by atoms with van der Waals surface area (Å²) >= 11 is 0. The number of anilines is 1. The minimum absolute atomic E-state index is 0.0558. The molecular formula is C18H24N2O2. The summed E-state index contributed by atoms with van der Waals surface area (Å²) in [5, 5.41) is 3.06. The highest BCUT2D eigenvalue weighted by atomic mass is 16.2. The molecule has 1 N–H and O–H groups in total. The lowest BCUT2D eigenvalue weighted by molar-refractivity contribution is -0.132. The number of hydrogen-bond acceptors (Lipinski definition) is 2. The second kappa shape index (κ2) is 6.51. The Bertz CT molecular complexity index is 547. The van der Waals surface area contributed by atoms with Crippen LogP contribution in [0.4, 0.5) is 5.69 Å². The van der Waals surface area contributed by atoms with Gasteiger partial charge in [-0.2, -0.15) is 0 Å². The number of amides is 2. The Hall–Kier alpha value is -1.84. The molecule has 1 saturated carbocycles. The number of carbonyl (C=O) groups excluding carboxylic acids is 2. The number of hydrogen-bond donors (Lipinski definition) is 1. The Labute approximate surface area is 131 Å². The van der Waals surface area contributed by atoms with Crippen LogP contribution in [0.3, 0.4) is 0 Å². The predicted molar refractivity (Wildman–Crippen MR) is 86.7 cm³/mol. The number of benzene rings is 1. The van der Waals surface area contributed by atoms with Gasteiger partial charge in [0.05, 0.1) is 0 Å². The van der Waals surface area contributed by atoms with Gasteiger partial charge in [0.2, 0.25) is 11.8 Å². The zero-order valence-electron chi connectivity index (χ0n) is 13.2. The lowest BCUT2D eigenvalue weighted by atomic mass is 10.1. The van der Waals surface area contributed by atoms with E-state index < -0.39 is 5.92 Å². The molecule has 0 radical (unpaired) electrons. The van der Waals surface area contributed by atoms with E-state index in [1.165, 1.54) is 18.4 Å². The van der Waals surface area contributed by atoms with E-state index in [4.69, 9.17) is 0 Å². The highest BCUT2D eigenvalue weighted by Gasteiger charge is 2.38. The maximum Gasteiger partial charge on any atom is 0.239 e. The third-order valence-electron chi connectivity index (χ3n) is 4.88. The summed E-state index contributed by atoms with van der Waals surface area (Å²) in [4.78, 5) is 26.6. The van der Waals surface area contributed by atoms with Gasteiger partial charge in [-0.05, 0) is 43.4 Å². The van der Waals surface area contributed by atoms with Crippen LogP contribution in [0, 0.1) is 5.92 Å². The highest BCUT2D eigenvalue weighted by Crippen LogP contribution is 2.26. The van der Waals surface area contributed by atoms with E-state index in [0.29, 0.717) is 13.0 Å². The van der Waals surface area contributed by atoms with Crippen LogP contribution >= 0.6 is 0 Å². The van der Waals surface area contributed by atoms with Gasteiger partial charge in [-0.3, -0.25) is 9.59 Å². The average molecular weight is 300 g/mol. The molecule has 1 aromatic carbocycles. The van der Waals surface area contributed by atoms with Crippen molar-refractivity contribution >= 4 is 17.5 Å². The van der Waals surface area contributed by atoms with E-state index in [0.717, 1.165) is 24.9 Å². The second-order valence-electron chi connectivity index (χ2n) is 6.34. The molecule has 118 valence electrons. The molecule has 1 saturated heterocycles. The summed E-state index contributed by atoms with van der Waals surface area (Å²) in [5.74, 6) is -0.643. The third kappa shape index (κ3) is 3.01. The van der Waals surface area contributed by atoms with Crippen LogP contribution in [0.5, 0.6) is 0 Å². The van der Waals surface area contributed by atoms with Crippen molar-refractivity contribution in [3.63, 3.8) is 0 Å². The first-order valence-electron chi connectivity index (χ1n) is 8.39. The van der Waals surface area contributed by atoms with Gasteiger partial charge in [0.15, 0.2) is 0 Å². The quantitative estimate of drug-likeness (QED) is 0.869. The number of nitrogens with zero attached hydrogens (tertiary/aromatic N) is 1. The molecule has 0 bridgehead atoms. The summed E-state index contributed by atoms with van der Waals surface area (Å²) in [5.41, 5.74) is 2.16. The van der Waals surface area contributed by atoms with Crippen molar-refractivity contribution < 1.29 is 9.59 Å². The molecule has 4 nitrogen and oxygen atoms in total. The van der Waals surface area contributed by atoms with Gasteiger partial charge in [-0.1, -0.05) is 31.9 Å². The molecule has 2 amide bonds. The van der Waals surface area contributed by atoms with Gasteiger partial charge in [0.25, 0.3) is 0 Å². The topological polar surface area (TPSA) is 49.4 Å². The van der Waals surface area contributed by atoms with Crippen LogP contribution in [-0.2, 0) is 16.0 Å². The molecule has 2 fully saturated rings. The Morgan fingerprint density at radius 1 is 1.18 bits per heavy atom. The van der Waals surface area contributed by atoms with Crippen molar-refractivity contribution in [2.45, 2.75) is 51.5 Å². The lowest BCUT2D eigenvalue weighted by Gasteiger charge is -2.18. The van der Waals surface area contributed by atoms with Crippen molar-refractivity contribution in [1.29, 1.82) is 0 Å². The van der Waals surface area contributed by atoms with E-state index in [1.54, 1.807) is 4.90 Å². The maximum atomic E-state index is 12.5. The summed E-state index contributed by atoms with van der Waals surface area (Å²) in [7, 11) is 0. The molecule has 1 atom stereocenters. The van der Waals surface area contributed by atoms with E-state index in [-0.39, 0.29) is 17.9 Å². The molecule has 0 aromatic heterocycles. The fourth-order valence-electron chi connectivity index (χ4n) is 3.46. The first kappa shape index (κ1) is 15.1. The monoisotopic (exact) mass is 300 g/mol. The molecule has 0 spiro atoms. The SMILES string of the molecule is CCc1ccc(N2CC[C@H](C(=O)NC3CCCC3)C2=O)cc1. The van der Waals surface area contributed by atoms with Crippen LogP contribution in [-0.4, -0.2) is 24.4 Å². The predicted octanol–water partition coefficient (Wildman–Crippen LogP) is 2.66.